The van der Waals surface area contributed by atoms with Crippen molar-refractivity contribution in [2.24, 2.45) is 0 Å². The van der Waals surface area contributed by atoms with Gasteiger partial charge in [0.15, 0.2) is 17.1 Å². The number of benzene rings is 2. The zero-order valence-electron chi connectivity index (χ0n) is 16.8. The van der Waals surface area contributed by atoms with E-state index in [1.807, 2.05) is 18.4 Å². The van der Waals surface area contributed by atoms with Gasteiger partial charge in [-0.25, -0.2) is 0 Å². The molecule has 3 aromatic rings. The first-order chi connectivity index (χ1) is 15.2. The van der Waals surface area contributed by atoms with Gasteiger partial charge < -0.3 is 14.6 Å². The molecule has 12 heteroatoms. The number of hydrogen-bond acceptors (Lipinski definition) is 5. The molecule has 1 amide bonds. The monoisotopic (exact) mass is 552 g/mol. The lowest BCUT2D eigenvalue weighted by Crippen LogP contribution is -2.15. The fourth-order valence-electron chi connectivity index (χ4n) is 2.75. The minimum atomic E-state index is -0.448. The quantitative estimate of drug-likeness (QED) is 0.232. The van der Waals surface area contributed by atoms with Crippen molar-refractivity contribution in [1.29, 1.82) is 0 Å². The van der Waals surface area contributed by atoms with Gasteiger partial charge in [0, 0.05) is 17.6 Å². The number of amides is 1. The molecule has 0 radical (unpaired) electrons. The molecule has 1 unspecified atom stereocenters. The Bertz CT molecular complexity index is 1140. The van der Waals surface area contributed by atoms with Crippen LogP contribution in [0.2, 0.25) is 25.1 Å². The average Bonchev–Trinajstić information content (AvgIpc) is 3.16. The fraction of sp³-hybridized carbons (Fsp3) is 0.250. The zero-order chi connectivity index (χ0) is 23.4. The van der Waals surface area contributed by atoms with E-state index < -0.39 is 6.10 Å². The van der Waals surface area contributed by atoms with Crippen molar-refractivity contribution in [2.45, 2.75) is 31.7 Å². The molecule has 170 valence electrons. The van der Waals surface area contributed by atoms with Crippen molar-refractivity contribution in [3.8, 4) is 5.75 Å². The van der Waals surface area contributed by atoms with E-state index in [1.54, 1.807) is 18.2 Å². The van der Waals surface area contributed by atoms with Crippen LogP contribution in [0.4, 0.5) is 5.69 Å². The number of carbonyl (C=O) groups excluding carboxylic acids is 1. The van der Waals surface area contributed by atoms with Crippen LogP contribution in [-0.2, 0) is 11.3 Å². The van der Waals surface area contributed by atoms with E-state index in [1.165, 1.54) is 23.9 Å². The smallest absolute Gasteiger partial charge is 0.234 e. The van der Waals surface area contributed by atoms with Crippen molar-refractivity contribution < 1.29 is 9.53 Å². The Kier molecular flexibility index (Phi) is 8.83. The van der Waals surface area contributed by atoms with Crippen LogP contribution >= 0.6 is 69.8 Å². The average molecular weight is 555 g/mol. The predicted octanol–water partition coefficient (Wildman–Crippen LogP) is 7.44. The molecule has 1 atom stereocenters. The minimum absolute atomic E-state index is 0.0874. The van der Waals surface area contributed by atoms with E-state index >= 15 is 0 Å². The predicted molar refractivity (Wildman–Crippen MR) is 132 cm³/mol. The van der Waals surface area contributed by atoms with Gasteiger partial charge in [0.05, 0.1) is 31.5 Å². The van der Waals surface area contributed by atoms with Crippen LogP contribution < -0.4 is 10.1 Å². The Morgan fingerprint density at radius 1 is 1.06 bits per heavy atom. The molecule has 0 aliphatic carbocycles. The van der Waals surface area contributed by atoms with Gasteiger partial charge in [-0.15, -0.1) is 10.2 Å². The Morgan fingerprint density at radius 3 is 2.50 bits per heavy atom. The van der Waals surface area contributed by atoms with Crippen LogP contribution in [0.15, 0.2) is 35.5 Å². The topological polar surface area (TPSA) is 69.0 Å². The first-order valence-corrected chi connectivity index (χ1v) is 12.2. The van der Waals surface area contributed by atoms with Crippen LogP contribution in [-0.4, -0.2) is 26.4 Å². The van der Waals surface area contributed by atoms with Crippen molar-refractivity contribution in [3.05, 3.63) is 61.3 Å². The van der Waals surface area contributed by atoms with Gasteiger partial charge in [-0.1, -0.05) is 69.8 Å². The van der Waals surface area contributed by atoms with Gasteiger partial charge in [0.25, 0.3) is 0 Å². The highest BCUT2D eigenvalue weighted by Gasteiger charge is 2.20. The Hall–Kier alpha value is -1.35. The molecule has 32 heavy (non-hydrogen) atoms. The molecule has 0 aliphatic rings. The van der Waals surface area contributed by atoms with Crippen molar-refractivity contribution in [2.75, 3.05) is 11.1 Å². The number of carbonyl (C=O) groups is 1. The first-order valence-electron chi connectivity index (χ1n) is 9.31. The largest absolute Gasteiger partial charge is 0.481 e. The van der Waals surface area contributed by atoms with E-state index in [-0.39, 0.29) is 11.7 Å². The van der Waals surface area contributed by atoms with E-state index in [2.05, 4.69) is 15.5 Å². The van der Waals surface area contributed by atoms with Crippen LogP contribution in [0.1, 0.15) is 25.8 Å². The number of aromatic nitrogens is 3. The van der Waals surface area contributed by atoms with Crippen molar-refractivity contribution in [3.63, 3.8) is 0 Å². The van der Waals surface area contributed by atoms with Gasteiger partial charge >= 0.3 is 0 Å². The van der Waals surface area contributed by atoms with Gasteiger partial charge in [0.2, 0.25) is 5.91 Å². The summed E-state index contributed by atoms with van der Waals surface area (Å²) >= 11 is 31.5. The zero-order valence-corrected chi connectivity index (χ0v) is 21.4. The highest BCUT2D eigenvalue weighted by atomic mass is 35.5. The lowest BCUT2D eigenvalue weighted by atomic mass is 10.3. The van der Waals surface area contributed by atoms with Crippen molar-refractivity contribution >= 4 is 81.4 Å². The maximum atomic E-state index is 12.4. The maximum absolute atomic E-state index is 12.4. The SMILES string of the molecule is CCn1c(SCC(=O)Nc2cc(Cl)c(Cl)cc2Cl)nnc1C(C)Oc1cc(Cl)ccc1Cl. The molecule has 3 rings (SSSR count). The summed E-state index contributed by atoms with van der Waals surface area (Å²) in [5, 5.41) is 13.6. The summed E-state index contributed by atoms with van der Waals surface area (Å²) in [5.74, 6) is 0.852. The second-order valence-corrected chi connectivity index (χ2v) is 9.51. The molecule has 0 fully saturated rings. The summed E-state index contributed by atoms with van der Waals surface area (Å²) in [6.45, 7) is 4.37. The summed E-state index contributed by atoms with van der Waals surface area (Å²) in [6.07, 6.45) is -0.448. The van der Waals surface area contributed by atoms with E-state index in [4.69, 9.17) is 62.7 Å². The maximum Gasteiger partial charge on any atom is 0.234 e. The summed E-state index contributed by atoms with van der Waals surface area (Å²) in [5.41, 5.74) is 0.379. The molecule has 0 spiro atoms. The molecule has 2 aromatic carbocycles. The molecule has 1 heterocycles. The number of halogens is 5. The molecule has 0 saturated carbocycles. The van der Waals surface area contributed by atoms with E-state index in [0.29, 0.717) is 54.1 Å². The number of rotatable bonds is 8. The standard InChI is InChI=1S/C20H17Cl5N4O2S/c1-3-29-19(10(2)31-17-6-11(21)4-5-12(17)22)27-28-20(29)32-9-18(30)26-16-8-14(24)13(23)7-15(16)25/h4-8,10H,3,9H2,1-2H3,(H,26,30). The Labute approximate surface area is 214 Å². The van der Waals surface area contributed by atoms with Gasteiger partial charge in [-0.2, -0.15) is 0 Å². The van der Waals surface area contributed by atoms with Crippen LogP contribution in [0, 0.1) is 0 Å². The Balaban J connectivity index is 1.67. The fourth-order valence-corrected chi connectivity index (χ4v) is 4.48. The number of nitrogens with one attached hydrogen (secondary N) is 1. The molecule has 1 aromatic heterocycles. The lowest BCUT2D eigenvalue weighted by Gasteiger charge is -2.16. The summed E-state index contributed by atoms with van der Waals surface area (Å²) < 4.78 is 7.81. The highest BCUT2D eigenvalue weighted by Crippen LogP contribution is 2.33. The third-order valence-corrected chi connectivity index (χ3v) is 6.79. The third-order valence-electron chi connectivity index (χ3n) is 4.24. The summed E-state index contributed by atoms with van der Waals surface area (Å²) in [7, 11) is 0. The number of nitrogens with zero attached hydrogens (tertiary/aromatic N) is 3. The van der Waals surface area contributed by atoms with Crippen LogP contribution in [0.5, 0.6) is 5.75 Å². The number of ether oxygens (including phenoxy) is 1. The number of hydrogen-bond donors (Lipinski definition) is 1. The number of anilines is 1. The number of thioether (sulfide) groups is 1. The second kappa shape index (κ2) is 11.2. The molecule has 0 aliphatic heterocycles. The lowest BCUT2D eigenvalue weighted by molar-refractivity contribution is -0.113. The first kappa shape index (κ1) is 25.3. The molecule has 6 nitrogen and oxygen atoms in total. The van der Waals surface area contributed by atoms with Crippen LogP contribution in [0.3, 0.4) is 0 Å². The normalized spacial score (nSPS) is 12.0. The highest BCUT2D eigenvalue weighted by molar-refractivity contribution is 7.99. The molecular formula is C20H17Cl5N4O2S. The van der Waals surface area contributed by atoms with E-state index in [9.17, 15) is 4.79 Å². The Morgan fingerprint density at radius 2 is 1.78 bits per heavy atom. The van der Waals surface area contributed by atoms with Crippen molar-refractivity contribution in [1.82, 2.24) is 14.8 Å². The molecule has 0 saturated heterocycles. The summed E-state index contributed by atoms with van der Waals surface area (Å²) in [4.78, 5) is 12.4. The second-order valence-electron chi connectivity index (χ2n) is 6.50. The van der Waals surface area contributed by atoms with E-state index in [0.717, 1.165) is 0 Å². The molecule has 0 bridgehead atoms. The summed E-state index contributed by atoms with van der Waals surface area (Å²) in [6, 6.07) is 7.96. The van der Waals surface area contributed by atoms with Gasteiger partial charge in [-0.3, -0.25) is 4.79 Å². The molecular weight excluding hydrogens is 538 g/mol. The van der Waals surface area contributed by atoms with Crippen LogP contribution in [0.25, 0.3) is 0 Å². The van der Waals surface area contributed by atoms with Gasteiger partial charge in [-0.05, 0) is 38.1 Å². The third kappa shape index (κ3) is 6.16. The molecule has 1 N–H and O–H groups in total. The minimum Gasteiger partial charge on any atom is -0.481 e. The van der Waals surface area contributed by atoms with Gasteiger partial charge in [0.1, 0.15) is 5.75 Å².